The SMILES string of the molecule is CC1C(=O)Nc2c(C(=O)c3ccc(Br)cc3)cc(F)cc21. The van der Waals surface area contributed by atoms with Crippen molar-refractivity contribution in [3.63, 3.8) is 0 Å². The Hall–Kier alpha value is -2.01. The quantitative estimate of drug-likeness (QED) is 0.838. The standard InChI is InChI=1S/C16H11BrFNO2/c1-8-12-6-11(18)7-13(14(12)19-16(8)21)15(20)9-2-4-10(17)5-3-9/h2-8H,1H3,(H,19,21). The normalized spacial score (nSPS) is 16.5. The Morgan fingerprint density at radius 1 is 1.24 bits per heavy atom. The third kappa shape index (κ3) is 2.38. The van der Waals surface area contributed by atoms with Crippen LogP contribution in [0.25, 0.3) is 0 Å². The van der Waals surface area contributed by atoms with Gasteiger partial charge in [-0.05, 0) is 48.9 Å². The van der Waals surface area contributed by atoms with Crippen LogP contribution in [-0.2, 0) is 4.79 Å². The van der Waals surface area contributed by atoms with Crippen LogP contribution in [-0.4, -0.2) is 11.7 Å². The summed E-state index contributed by atoms with van der Waals surface area (Å²) >= 11 is 3.30. The molecule has 1 atom stereocenters. The monoisotopic (exact) mass is 347 g/mol. The van der Waals surface area contributed by atoms with Crippen LogP contribution in [0.1, 0.15) is 34.3 Å². The summed E-state index contributed by atoms with van der Waals surface area (Å²) in [7, 11) is 0. The van der Waals surface area contributed by atoms with E-state index in [2.05, 4.69) is 21.2 Å². The molecule has 0 fully saturated rings. The Morgan fingerprint density at radius 3 is 2.57 bits per heavy atom. The van der Waals surface area contributed by atoms with E-state index in [4.69, 9.17) is 0 Å². The number of fused-ring (bicyclic) bond motifs is 1. The van der Waals surface area contributed by atoms with Gasteiger partial charge in [-0.3, -0.25) is 9.59 Å². The second-order valence-corrected chi connectivity index (χ2v) is 5.88. The number of hydrogen-bond acceptors (Lipinski definition) is 2. The Labute approximate surface area is 129 Å². The van der Waals surface area contributed by atoms with E-state index in [1.165, 1.54) is 12.1 Å². The van der Waals surface area contributed by atoms with Crippen LogP contribution in [0, 0.1) is 5.82 Å². The highest BCUT2D eigenvalue weighted by Crippen LogP contribution is 2.36. The predicted octanol–water partition coefficient (Wildman–Crippen LogP) is 3.87. The summed E-state index contributed by atoms with van der Waals surface area (Å²) in [5.41, 5.74) is 1.58. The topological polar surface area (TPSA) is 46.2 Å². The van der Waals surface area contributed by atoms with Gasteiger partial charge in [-0.15, -0.1) is 0 Å². The van der Waals surface area contributed by atoms with Crippen molar-refractivity contribution in [1.29, 1.82) is 0 Å². The average molecular weight is 348 g/mol. The number of anilines is 1. The molecule has 0 spiro atoms. The number of amides is 1. The van der Waals surface area contributed by atoms with Gasteiger partial charge in [0.2, 0.25) is 5.91 Å². The van der Waals surface area contributed by atoms with Crippen molar-refractivity contribution in [2.45, 2.75) is 12.8 Å². The van der Waals surface area contributed by atoms with Gasteiger partial charge in [0.1, 0.15) is 5.82 Å². The molecule has 2 aromatic carbocycles. The second kappa shape index (κ2) is 5.07. The molecule has 21 heavy (non-hydrogen) atoms. The van der Waals surface area contributed by atoms with Gasteiger partial charge in [0.25, 0.3) is 0 Å². The van der Waals surface area contributed by atoms with Crippen molar-refractivity contribution in [2.75, 3.05) is 5.32 Å². The molecule has 5 heteroatoms. The molecule has 0 saturated carbocycles. The lowest BCUT2D eigenvalue weighted by Crippen LogP contribution is -2.10. The van der Waals surface area contributed by atoms with Crippen molar-refractivity contribution in [3.8, 4) is 0 Å². The molecule has 1 aliphatic rings. The van der Waals surface area contributed by atoms with Crippen LogP contribution in [0.3, 0.4) is 0 Å². The third-order valence-electron chi connectivity index (χ3n) is 3.59. The molecule has 0 aliphatic carbocycles. The number of nitrogens with one attached hydrogen (secondary N) is 1. The summed E-state index contributed by atoms with van der Waals surface area (Å²) in [6.07, 6.45) is 0. The van der Waals surface area contributed by atoms with Crippen LogP contribution in [0.2, 0.25) is 0 Å². The van der Waals surface area contributed by atoms with Crippen molar-refractivity contribution in [3.05, 3.63) is 63.4 Å². The Bertz CT molecular complexity index is 756. The van der Waals surface area contributed by atoms with Crippen LogP contribution in [0.15, 0.2) is 40.9 Å². The zero-order valence-corrected chi connectivity index (χ0v) is 12.7. The fraction of sp³-hybridized carbons (Fsp3) is 0.125. The zero-order chi connectivity index (χ0) is 15.1. The number of rotatable bonds is 2. The van der Waals surface area contributed by atoms with E-state index in [1.807, 2.05) is 0 Å². The van der Waals surface area contributed by atoms with Crippen LogP contribution in [0.4, 0.5) is 10.1 Å². The molecule has 1 unspecified atom stereocenters. The lowest BCUT2D eigenvalue weighted by Gasteiger charge is -2.08. The number of carbonyl (C=O) groups excluding carboxylic acids is 2. The number of halogens is 2. The minimum atomic E-state index is -0.516. The van der Waals surface area contributed by atoms with Crippen molar-refractivity contribution in [2.24, 2.45) is 0 Å². The molecule has 0 saturated heterocycles. The highest BCUT2D eigenvalue weighted by molar-refractivity contribution is 9.10. The number of hydrogen-bond donors (Lipinski definition) is 1. The summed E-state index contributed by atoms with van der Waals surface area (Å²) in [6, 6.07) is 9.27. The van der Waals surface area contributed by atoms with Gasteiger partial charge >= 0.3 is 0 Å². The first-order valence-electron chi connectivity index (χ1n) is 6.42. The van der Waals surface area contributed by atoms with Gasteiger partial charge in [-0.2, -0.15) is 0 Å². The van der Waals surface area contributed by atoms with Gasteiger partial charge in [0.15, 0.2) is 5.78 Å². The molecule has 0 radical (unpaired) electrons. The summed E-state index contributed by atoms with van der Waals surface area (Å²) in [6.45, 7) is 1.69. The Balaban J connectivity index is 2.11. The van der Waals surface area contributed by atoms with Gasteiger partial charge < -0.3 is 5.32 Å². The van der Waals surface area contributed by atoms with Crippen LogP contribution < -0.4 is 5.32 Å². The van der Waals surface area contributed by atoms with Gasteiger partial charge in [0.05, 0.1) is 11.6 Å². The van der Waals surface area contributed by atoms with E-state index in [0.717, 1.165) is 4.47 Å². The fourth-order valence-corrected chi connectivity index (χ4v) is 2.68. The average Bonchev–Trinajstić information content (AvgIpc) is 2.74. The molecule has 1 N–H and O–H groups in total. The highest BCUT2D eigenvalue weighted by atomic mass is 79.9. The molecule has 1 aliphatic heterocycles. The summed E-state index contributed by atoms with van der Waals surface area (Å²) in [5, 5.41) is 2.67. The van der Waals surface area contributed by atoms with Crippen LogP contribution in [0.5, 0.6) is 0 Å². The molecular weight excluding hydrogens is 337 g/mol. The van der Waals surface area contributed by atoms with Crippen LogP contribution >= 0.6 is 15.9 Å². The Morgan fingerprint density at radius 2 is 1.90 bits per heavy atom. The highest BCUT2D eigenvalue weighted by Gasteiger charge is 2.31. The van der Waals surface area contributed by atoms with Crippen molar-refractivity contribution >= 4 is 33.3 Å². The predicted molar refractivity (Wildman–Crippen MR) is 81.0 cm³/mol. The first-order valence-corrected chi connectivity index (χ1v) is 7.21. The zero-order valence-electron chi connectivity index (χ0n) is 11.1. The second-order valence-electron chi connectivity index (χ2n) is 4.96. The fourth-order valence-electron chi connectivity index (χ4n) is 2.42. The van der Waals surface area contributed by atoms with Gasteiger partial charge in [-0.1, -0.05) is 15.9 Å². The number of ketones is 1. The van der Waals surface area contributed by atoms with Gasteiger partial charge in [0, 0.05) is 15.6 Å². The molecule has 3 rings (SSSR count). The number of carbonyl (C=O) groups is 2. The lowest BCUT2D eigenvalue weighted by molar-refractivity contribution is -0.116. The first-order chi connectivity index (χ1) is 9.97. The maximum atomic E-state index is 13.8. The maximum Gasteiger partial charge on any atom is 0.231 e. The lowest BCUT2D eigenvalue weighted by atomic mass is 9.96. The largest absolute Gasteiger partial charge is 0.325 e. The molecule has 3 nitrogen and oxygen atoms in total. The first kappa shape index (κ1) is 13.9. The molecule has 0 bridgehead atoms. The molecule has 1 heterocycles. The van der Waals surface area contributed by atoms with E-state index in [-0.39, 0.29) is 17.3 Å². The van der Waals surface area contributed by atoms with Crippen molar-refractivity contribution < 1.29 is 14.0 Å². The summed E-state index contributed by atoms with van der Waals surface area (Å²) in [4.78, 5) is 24.3. The van der Waals surface area contributed by atoms with E-state index in [0.29, 0.717) is 16.8 Å². The van der Waals surface area contributed by atoms with E-state index < -0.39 is 11.7 Å². The molecular formula is C16H11BrFNO2. The Kier molecular flexibility index (Phi) is 3.37. The van der Waals surface area contributed by atoms with Crippen molar-refractivity contribution in [1.82, 2.24) is 0 Å². The minimum Gasteiger partial charge on any atom is -0.325 e. The van der Waals surface area contributed by atoms with Gasteiger partial charge in [-0.25, -0.2) is 4.39 Å². The molecule has 106 valence electrons. The number of benzene rings is 2. The summed E-state index contributed by atoms with van der Waals surface area (Å²) < 4.78 is 14.6. The molecule has 0 aromatic heterocycles. The van der Waals surface area contributed by atoms with E-state index >= 15 is 0 Å². The molecule has 1 amide bonds. The van der Waals surface area contributed by atoms with E-state index in [9.17, 15) is 14.0 Å². The third-order valence-corrected chi connectivity index (χ3v) is 4.12. The maximum absolute atomic E-state index is 13.8. The molecule has 2 aromatic rings. The summed E-state index contributed by atoms with van der Waals surface area (Å²) in [5.74, 6) is -1.50. The smallest absolute Gasteiger partial charge is 0.231 e. The minimum absolute atomic E-state index is 0.185. The van der Waals surface area contributed by atoms with E-state index in [1.54, 1.807) is 31.2 Å².